The topological polar surface area (TPSA) is 112 Å². The number of imide groups is 1. The highest BCUT2D eigenvalue weighted by molar-refractivity contribution is 6.23. The summed E-state index contributed by atoms with van der Waals surface area (Å²) in [5.41, 5.74) is -3.90. The average Bonchev–Trinajstić information content (AvgIpc) is 3.33. The lowest BCUT2D eigenvalue weighted by Crippen LogP contribution is -2.57. The van der Waals surface area contributed by atoms with Crippen molar-refractivity contribution in [1.82, 2.24) is 5.32 Å². The third kappa shape index (κ3) is 3.44. The molecule has 8 nitrogen and oxygen atoms in total. The standard InChI is InChI=1S/C25H21F3N4O4/c1-23-11-17(31-22(35)30-14-6-4-3-5-7-14)24(2,36-23)19-18(23)20(33)32(21(19)34)15-9-8-13(12-29)16(10-15)25(26,27)28/h3-10,17-19H,11H2,1-2H3,(H2,30,31,35)/t17-,18-,19+,23+,24-/m1/s1. The molecule has 5 rings (SSSR count). The van der Waals surface area contributed by atoms with Crippen molar-refractivity contribution in [3.05, 3.63) is 59.7 Å². The molecule has 5 atom stereocenters. The van der Waals surface area contributed by atoms with Gasteiger partial charge in [-0.15, -0.1) is 0 Å². The van der Waals surface area contributed by atoms with Crippen LogP contribution in [-0.2, 0) is 20.5 Å². The maximum absolute atomic E-state index is 13.5. The van der Waals surface area contributed by atoms with Gasteiger partial charge in [0.15, 0.2) is 0 Å². The van der Waals surface area contributed by atoms with Gasteiger partial charge in [-0.3, -0.25) is 9.59 Å². The predicted molar refractivity (Wildman–Crippen MR) is 121 cm³/mol. The Morgan fingerprint density at radius 3 is 2.42 bits per heavy atom. The number of nitrogens with one attached hydrogen (secondary N) is 2. The first-order chi connectivity index (χ1) is 16.9. The van der Waals surface area contributed by atoms with Gasteiger partial charge in [0.1, 0.15) is 0 Å². The number of rotatable bonds is 3. The Morgan fingerprint density at radius 1 is 1.11 bits per heavy atom. The van der Waals surface area contributed by atoms with E-state index in [0.29, 0.717) is 11.8 Å². The molecule has 3 fully saturated rings. The highest BCUT2D eigenvalue weighted by atomic mass is 19.4. The largest absolute Gasteiger partial charge is 0.417 e. The van der Waals surface area contributed by atoms with E-state index in [1.54, 1.807) is 44.2 Å². The van der Waals surface area contributed by atoms with Gasteiger partial charge in [0.25, 0.3) is 0 Å². The summed E-state index contributed by atoms with van der Waals surface area (Å²) in [6.45, 7) is 3.30. The normalized spacial score (nSPS) is 30.8. The van der Waals surface area contributed by atoms with Crippen LogP contribution in [0, 0.1) is 23.2 Å². The number of carbonyl (C=O) groups is 3. The van der Waals surface area contributed by atoms with E-state index in [2.05, 4.69) is 10.6 Å². The number of alkyl halides is 3. The van der Waals surface area contributed by atoms with Crippen LogP contribution in [0.25, 0.3) is 0 Å². The van der Waals surface area contributed by atoms with Crippen LogP contribution >= 0.6 is 0 Å². The fraction of sp³-hybridized carbons (Fsp3) is 0.360. The first-order valence-corrected chi connectivity index (χ1v) is 11.2. The van der Waals surface area contributed by atoms with Crippen LogP contribution in [0.3, 0.4) is 0 Å². The second kappa shape index (κ2) is 7.80. The number of para-hydroxylation sites is 1. The number of halogens is 3. The third-order valence-electron chi connectivity index (χ3n) is 7.36. The van der Waals surface area contributed by atoms with Crippen LogP contribution < -0.4 is 15.5 Å². The van der Waals surface area contributed by atoms with Crippen molar-refractivity contribution in [1.29, 1.82) is 5.26 Å². The maximum atomic E-state index is 13.5. The molecule has 2 N–H and O–H groups in total. The Balaban J connectivity index is 1.44. The zero-order valence-electron chi connectivity index (χ0n) is 19.2. The van der Waals surface area contributed by atoms with Crippen LogP contribution in [0.5, 0.6) is 0 Å². The molecule has 0 unspecified atom stereocenters. The van der Waals surface area contributed by atoms with Gasteiger partial charge in [-0.1, -0.05) is 18.2 Å². The SMILES string of the molecule is C[C@@]12O[C@@](C)(C[C@H]1NC(=O)Nc1ccccc1)[C@H]1C(=O)N(c3ccc(C#N)c(C(F)(F)F)c3)C(=O)[C@H]12. The molecular weight excluding hydrogens is 477 g/mol. The van der Waals surface area contributed by atoms with Crippen LogP contribution in [0.15, 0.2) is 48.5 Å². The number of anilines is 2. The zero-order valence-corrected chi connectivity index (χ0v) is 19.2. The minimum absolute atomic E-state index is 0.237. The Kier molecular flexibility index (Phi) is 5.16. The molecule has 3 saturated heterocycles. The molecule has 0 aromatic heterocycles. The summed E-state index contributed by atoms with van der Waals surface area (Å²) >= 11 is 0. The molecule has 2 bridgehead atoms. The predicted octanol–water partition coefficient (Wildman–Crippen LogP) is 3.82. The molecule has 3 aliphatic heterocycles. The zero-order chi connectivity index (χ0) is 26.0. The number of ether oxygens (including phenoxy) is 1. The molecule has 186 valence electrons. The van der Waals surface area contributed by atoms with Gasteiger partial charge in [0.2, 0.25) is 11.8 Å². The summed E-state index contributed by atoms with van der Waals surface area (Å²) in [6.07, 6.45) is -4.61. The monoisotopic (exact) mass is 498 g/mol. The fourth-order valence-electron chi connectivity index (χ4n) is 5.85. The Bertz CT molecular complexity index is 1320. The van der Waals surface area contributed by atoms with Gasteiger partial charge < -0.3 is 15.4 Å². The quantitative estimate of drug-likeness (QED) is 0.625. The van der Waals surface area contributed by atoms with Crippen LogP contribution in [0.1, 0.15) is 31.4 Å². The highest BCUT2D eigenvalue weighted by Gasteiger charge is 2.76. The first-order valence-electron chi connectivity index (χ1n) is 11.2. The van der Waals surface area contributed by atoms with E-state index in [0.717, 1.165) is 17.0 Å². The number of hydrogen-bond donors (Lipinski definition) is 2. The van der Waals surface area contributed by atoms with E-state index in [1.165, 1.54) is 6.07 Å². The number of hydrogen-bond acceptors (Lipinski definition) is 5. The van der Waals surface area contributed by atoms with Crippen LogP contribution in [-0.4, -0.2) is 35.1 Å². The Hall–Kier alpha value is -3.91. The number of amides is 4. The number of nitriles is 1. The molecule has 3 heterocycles. The van der Waals surface area contributed by atoms with E-state index in [4.69, 9.17) is 10.00 Å². The molecule has 11 heteroatoms. The van der Waals surface area contributed by atoms with Gasteiger partial charge in [-0.2, -0.15) is 18.4 Å². The van der Waals surface area contributed by atoms with Gasteiger partial charge in [-0.05, 0) is 44.2 Å². The molecule has 36 heavy (non-hydrogen) atoms. The summed E-state index contributed by atoms with van der Waals surface area (Å²) in [5, 5.41) is 14.6. The van der Waals surface area contributed by atoms with Crippen molar-refractivity contribution < 1.29 is 32.3 Å². The number of nitrogens with zero attached hydrogens (tertiary/aromatic N) is 2. The van der Waals surface area contributed by atoms with Crippen molar-refractivity contribution in [3.63, 3.8) is 0 Å². The Labute approximate surface area is 204 Å². The van der Waals surface area contributed by atoms with Crippen molar-refractivity contribution in [3.8, 4) is 6.07 Å². The van der Waals surface area contributed by atoms with Crippen molar-refractivity contribution in [2.75, 3.05) is 10.2 Å². The lowest BCUT2D eigenvalue weighted by atomic mass is 9.66. The summed E-state index contributed by atoms with van der Waals surface area (Å²) in [6, 6.07) is 11.8. The number of carbonyl (C=O) groups excluding carboxylic acids is 3. The van der Waals surface area contributed by atoms with Gasteiger partial charge >= 0.3 is 12.2 Å². The lowest BCUT2D eigenvalue weighted by molar-refractivity contribution is -0.138. The van der Waals surface area contributed by atoms with Crippen LogP contribution in [0.4, 0.5) is 29.3 Å². The smallest absolute Gasteiger partial charge is 0.365 e. The molecule has 0 saturated carbocycles. The minimum Gasteiger partial charge on any atom is -0.365 e. The second-order valence-electron chi connectivity index (χ2n) is 9.63. The molecular formula is C25H21F3N4O4. The van der Waals surface area contributed by atoms with E-state index >= 15 is 0 Å². The number of fused-ring (bicyclic) bond motifs is 5. The highest BCUT2D eigenvalue weighted by Crippen LogP contribution is 2.61. The van der Waals surface area contributed by atoms with Crippen molar-refractivity contribution in [2.45, 2.75) is 43.7 Å². The van der Waals surface area contributed by atoms with Gasteiger partial charge in [0.05, 0.1) is 52.0 Å². The van der Waals surface area contributed by atoms with E-state index in [1.807, 2.05) is 0 Å². The summed E-state index contributed by atoms with van der Waals surface area (Å²) < 4.78 is 46.7. The average molecular weight is 498 g/mol. The van der Waals surface area contributed by atoms with Crippen LogP contribution in [0.2, 0.25) is 0 Å². The Morgan fingerprint density at radius 2 is 1.78 bits per heavy atom. The molecule has 4 amide bonds. The second-order valence-corrected chi connectivity index (χ2v) is 9.63. The maximum Gasteiger partial charge on any atom is 0.417 e. The number of benzene rings is 2. The molecule has 0 radical (unpaired) electrons. The van der Waals surface area contributed by atoms with Gasteiger partial charge in [-0.25, -0.2) is 9.69 Å². The summed E-state index contributed by atoms with van der Waals surface area (Å²) in [5.74, 6) is -3.30. The van der Waals surface area contributed by atoms with Gasteiger partial charge in [0, 0.05) is 12.1 Å². The van der Waals surface area contributed by atoms with E-state index in [-0.39, 0.29) is 12.1 Å². The van der Waals surface area contributed by atoms with E-state index < -0.39 is 64.2 Å². The molecule has 3 aliphatic rings. The first kappa shape index (κ1) is 23.8. The third-order valence-corrected chi connectivity index (χ3v) is 7.36. The summed E-state index contributed by atoms with van der Waals surface area (Å²) in [4.78, 5) is 40.3. The van der Waals surface area contributed by atoms with E-state index in [9.17, 15) is 27.6 Å². The molecule has 2 aromatic carbocycles. The molecule has 2 aromatic rings. The fourth-order valence-corrected chi connectivity index (χ4v) is 5.85. The van der Waals surface area contributed by atoms with Crippen molar-refractivity contribution >= 4 is 29.2 Å². The van der Waals surface area contributed by atoms with Crippen molar-refractivity contribution in [2.24, 2.45) is 11.8 Å². The number of urea groups is 1. The summed E-state index contributed by atoms with van der Waals surface area (Å²) in [7, 11) is 0. The lowest BCUT2D eigenvalue weighted by Gasteiger charge is -2.35. The molecule has 0 aliphatic carbocycles. The minimum atomic E-state index is -4.84. The molecule has 0 spiro atoms.